The number of nitrogens with one attached hydrogen (secondary N) is 1. The molecule has 4 heterocycles. The van der Waals surface area contributed by atoms with Gasteiger partial charge in [0, 0.05) is 37.8 Å². The lowest BCUT2D eigenvalue weighted by atomic mass is 10.0. The Morgan fingerprint density at radius 1 is 1.14 bits per heavy atom. The van der Waals surface area contributed by atoms with Gasteiger partial charge in [0.25, 0.3) is 0 Å². The van der Waals surface area contributed by atoms with Gasteiger partial charge in [-0.05, 0) is 37.3 Å². The molecule has 29 heavy (non-hydrogen) atoms. The van der Waals surface area contributed by atoms with E-state index < -0.39 is 0 Å². The maximum atomic E-state index is 12.8. The number of rotatable bonds is 4. The SMILES string of the molecule is O=C(NC1CCN(CC2CCOC2)CC1)N1Cc2cnn(-c3ccccc3)c2C1. The van der Waals surface area contributed by atoms with Crippen LogP contribution in [0, 0.1) is 5.92 Å². The van der Waals surface area contributed by atoms with Crippen molar-refractivity contribution in [2.75, 3.05) is 32.8 Å². The molecule has 0 bridgehead atoms. The van der Waals surface area contributed by atoms with Gasteiger partial charge in [0.05, 0.1) is 37.3 Å². The van der Waals surface area contributed by atoms with Gasteiger partial charge in [-0.25, -0.2) is 9.48 Å². The number of piperidine rings is 1. The molecule has 3 aliphatic heterocycles. The molecule has 0 spiro atoms. The first kappa shape index (κ1) is 18.6. The molecule has 0 radical (unpaired) electrons. The van der Waals surface area contributed by atoms with Crippen molar-refractivity contribution in [3.63, 3.8) is 0 Å². The summed E-state index contributed by atoms with van der Waals surface area (Å²) in [6.45, 7) is 6.32. The Kier molecular flexibility index (Phi) is 5.24. The van der Waals surface area contributed by atoms with Gasteiger partial charge in [-0.1, -0.05) is 18.2 Å². The van der Waals surface area contributed by atoms with E-state index in [-0.39, 0.29) is 12.1 Å². The fraction of sp³-hybridized carbons (Fsp3) is 0.545. The van der Waals surface area contributed by atoms with E-state index in [9.17, 15) is 4.79 Å². The molecule has 1 unspecified atom stereocenters. The van der Waals surface area contributed by atoms with Crippen molar-refractivity contribution in [3.05, 3.63) is 47.8 Å². The quantitative estimate of drug-likeness (QED) is 0.864. The van der Waals surface area contributed by atoms with Gasteiger partial charge >= 0.3 is 6.03 Å². The molecule has 2 amide bonds. The highest BCUT2D eigenvalue weighted by atomic mass is 16.5. The van der Waals surface area contributed by atoms with E-state index in [1.54, 1.807) is 0 Å². The number of carbonyl (C=O) groups excluding carboxylic acids is 1. The first-order valence-electron chi connectivity index (χ1n) is 10.7. The lowest BCUT2D eigenvalue weighted by Gasteiger charge is -2.34. The molecule has 7 heteroatoms. The molecular weight excluding hydrogens is 366 g/mol. The molecule has 0 saturated carbocycles. The van der Waals surface area contributed by atoms with Crippen LogP contribution in [0.5, 0.6) is 0 Å². The Hall–Kier alpha value is -2.38. The second kappa shape index (κ2) is 8.16. The van der Waals surface area contributed by atoms with Crippen LogP contribution in [0.25, 0.3) is 5.69 Å². The number of carbonyl (C=O) groups is 1. The normalized spacial score (nSPS) is 22.8. The summed E-state index contributed by atoms with van der Waals surface area (Å²) in [5.74, 6) is 0.688. The van der Waals surface area contributed by atoms with Crippen LogP contribution in [0.15, 0.2) is 36.5 Å². The summed E-state index contributed by atoms with van der Waals surface area (Å²) in [7, 11) is 0. The third-order valence-electron chi connectivity index (χ3n) is 6.40. The minimum Gasteiger partial charge on any atom is -0.381 e. The number of ether oxygens (including phenoxy) is 1. The molecule has 2 aromatic rings. The molecule has 7 nitrogen and oxygen atoms in total. The average Bonchev–Trinajstić information content (AvgIpc) is 3.47. The van der Waals surface area contributed by atoms with Gasteiger partial charge < -0.3 is 19.9 Å². The summed E-state index contributed by atoms with van der Waals surface area (Å²) < 4.78 is 7.44. The summed E-state index contributed by atoms with van der Waals surface area (Å²) >= 11 is 0. The van der Waals surface area contributed by atoms with Crippen molar-refractivity contribution >= 4 is 6.03 Å². The number of benzene rings is 1. The Balaban J connectivity index is 1.13. The van der Waals surface area contributed by atoms with Crippen LogP contribution in [-0.2, 0) is 17.8 Å². The maximum absolute atomic E-state index is 12.8. The summed E-state index contributed by atoms with van der Waals surface area (Å²) in [5.41, 5.74) is 3.29. The second-order valence-electron chi connectivity index (χ2n) is 8.47. The van der Waals surface area contributed by atoms with Crippen molar-refractivity contribution in [1.82, 2.24) is 24.9 Å². The van der Waals surface area contributed by atoms with Gasteiger partial charge in [0.1, 0.15) is 0 Å². The maximum Gasteiger partial charge on any atom is 0.318 e. The first-order chi connectivity index (χ1) is 14.3. The third-order valence-corrected chi connectivity index (χ3v) is 6.40. The smallest absolute Gasteiger partial charge is 0.318 e. The van der Waals surface area contributed by atoms with E-state index in [1.807, 2.05) is 46.1 Å². The molecule has 1 aromatic carbocycles. The highest BCUT2D eigenvalue weighted by Gasteiger charge is 2.30. The molecule has 3 aliphatic rings. The topological polar surface area (TPSA) is 62.6 Å². The number of nitrogens with zero attached hydrogens (tertiary/aromatic N) is 4. The number of hydrogen-bond donors (Lipinski definition) is 1. The van der Waals surface area contributed by atoms with Crippen molar-refractivity contribution in [1.29, 1.82) is 0 Å². The fourth-order valence-corrected chi connectivity index (χ4v) is 4.70. The van der Waals surface area contributed by atoms with Crippen LogP contribution >= 0.6 is 0 Å². The van der Waals surface area contributed by atoms with Crippen LogP contribution < -0.4 is 5.32 Å². The zero-order chi connectivity index (χ0) is 19.6. The molecule has 154 valence electrons. The van der Waals surface area contributed by atoms with Crippen LogP contribution in [0.3, 0.4) is 0 Å². The summed E-state index contributed by atoms with van der Waals surface area (Å²) in [6, 6.07) is 10.4. The van der Waals surface area contributed by atoms with Crippen LogP contribution in [0.1, 0.15) is 30.5 Å². The number of fused-ring (bicyclic) bond motifs is 1. The Morgan fingerprint density at radius 2 is 1.97 bits per heavy atom. The van der Waals surface area contributed by atoms with Crippen molar-refractivity contribution in [3.8, 4) is 5.69 Å². The lowest BCUT2D eigenvalue weighted by molar-refractivity contribution is 0.144. The van der Waals surface area contributed by atoms with Gasteiger partial charge in [-0.3, -0.25) is 0 Å². The number of para-hydroxylation sites is 1. The highest BCUT2D eigenvalue weighted by molar-refractivity contribution is 5.75. The van der Waals surface area contributed by atoms with E-state index in [0.717, 1.165) is 62.6 Å². The Bertz CT molecular complexity index is 838. The summed E-state index contributed by atoms with van der Waals surface area (Å²) in [5, 5.41) is 7.78. The van der Waals surface area contributed by atoms with Gasteiger partial charge in [-0.2, -0.15) is 5.10 Å². The van der Waals surface area contributed by atoms with E-state index in [1.165, 1.54) is 6.42 Å². The van der Waals surface area contributed by atoms with E-state index in [2.05, 4.69) is 15.3 Å². The molecule has 2 saturated heterocycles. The number of aromatic nitrogens is 2. The first-order valence-corrected chi connectivity index (χ1v) is 10.7. The van der Waals surface area contributed by atoms with Crippen LogP contribution in [0.2, 0.25) is 0 Å². The number of likely N-dealkylation sites (tertiary alicyclic amines) is 1. The molecular formula is C22H29N5O2. The zero-order valence-corrected chi connectivity index (χ0v) is 16.8. The average molecular weight is 396 g/mol. The zero-order valence-electron chi connectivity index (χ0n) is 16.8. The van der Waals surface area contributed by atoms with Crippen molar-refractivity contribution < 1.29 is 9.53 Å². The molecule has 0 aliphatic carbocycles. The molecule has 1 atom stereocenters. The monoisotopic (exact) mass is 395 g/mol. The van der Waals surface area contributed by atoms with Crippen LogP contribution in [-0.4, -0.2) is 64.5 Å². The number of amides is 2. The summed E-state index contributed by atoms with van der Waals surface area (Å²) in [6.07, 6.45) is 5.13. The summed E-state index contributed by atoms with van der Waals surface area (Å²) in [4.78, 5) is 17.3. The van der Waals surface area contributed by atoms with Crippen molar-refractivity contribution in [2.24, 2.45) is 5.92 Å². The minimum atomic E-state index is 0.0449. The number of urea groups is 1. The fourth-order valence-electron chi connectivity index (χ4n) is 4.70. The number of hydrogen-bond acceptors (Lipinski definition) is 4. The standard InChI is InChI=1S/C22H29N5O2/c28-22(24-19-6-9-25(10-7-19)13-17-8-11-29-16-17)26-14-18-12-23-27(21(18)15-26)20-4-2-1-3-5-20/h1-5,12,17,19H,6-11,13-16H2,(H,24,28). The van der Waals surface area contributed by atoms with E-state index in [0.29, 0.717) is 19.0 Å². The second-order valence-corrected chi connectivity index (χ2v) is 8.47. The molecule has 1 aromatic heterocycles. The molecule has 1 N–H and O–H groups in total. The van der Waals surface area contributed by atoms with Gasteiger partial charge in [0.15, 0.2) is 0 Å². The lowest BCUT2D eigenvalue weighted by Crippen LogP contribution is -2.48. The van der Waals surface area contributed by atoms with Crippen LogP contribution in [0.4, 0.5) is 4.79 Å². The highest BCUT2D eigenvalue weighted by Crippen LogP contribution is 2.25. The molecule has 5 rings (SSSR count). The van der Waals surface area contributed by atoms with E-state index in [4.69, 9.17) is 4.74 Å². The van der Waals surface area contributed by atoms with Crippen molar-refractivity contribution in [2.45, 2.75) is 38.4 Å². The minimum absolute atomic E-state index is 0.0449. The predicted molar refractivity (Wildman–Crippen MR) is 110 cm³/mol. The Morgan fingerprint density at radius 3 is 2.72 bits per heavy atom. The van der Waals surface area contributed by atoms with Gasteiger partial charge in [-0.15, -0.1) is 0 Å². The predicted octanol–water partition coefficient (Wildman–Crippen LogP) is 2.40. The van der Waals surface area contributed by atoms with Gasteiger partial charge in [0.2, 0.25) is 0 Å². The Labute approximate surface area is 171 Å². The third kappa shape index (κ3) is 4.02. The largest absolute Gasteiger partial charge is 0.381 e. The molecule has 2 fully saturated rings. The van der Waals surface area contributed by atoms with E-state index >= 15 is 0 Å².